The van der Waals surface area contributed by atoms with Gasteiger partial charge in [0.25, 0.3) is 0 Å². The maximum atomic E-state index is 11.0. The summed E-state index contributed by atoms with van der Waals surface area (Å²) in [5, 5.41) is 12.6. The van der Waals surface area contributed by atoms with Crippen molar-refractivity contribution < 1.29 is 9.90 Å². The highest BCUT2D eigenvalue weighted by molar-refractivity contribution is 9.10. The molecule has 0 bridgehead atoms. The van der Waals surface area contributed by atoms with Crippen molar-refractivity contribution in [2.45, 2.75) is 45.2 Å². The van der Waals surface area contributed by atoms with Crippen molar-refractivity contribution in [2.24, 2.45) is 5.92 Å². The Morgan fingerprint density at radius 3 is 2.95 bits per heavy atom. The zero-order chi connectivity index (χ0) is 13.8. The van der Waals surface area contributed by atoms with Gasteiger partial charge >= 0.3 is 5.97 Å². The second-order valence-electron chi connectivity index (χ2n) is 5.36. The summed E-state index contributed by atoms with van der Waals surface area (Å²) in [6, 6.07) is 6.66. The van der Waals surface area contributed by atoms with Gasteiger partial charge in [-0.3, -0.25) is 4.79 Å². The normalized spacial score (nSPS) is 23.3. The van der Waals surface area contributed by atoms with E-state index in [1.165, 1.54) is 11.1 Å². The molecular weight excluding hydrogens is 306 g/mol. The minimum atomic E-state index is -0.647. The zero-order valence-corrected chi connectivity index (χ0v) is 12.7. The van der Waals surface area contributed by atoms with Crippen LogP contribution in [0.15, 0.2) is 22.7 Å². The fraction of sp³-hybridized carbons (Fsp3) is 0.533. The molecule has 1 fully saturated rings. The van der Waals surface area contributed by atoms with Crippen LogP contribution >= 0.6 is 15.9 Å². The molecule has 2 N–H and O–H groups in total. The predicted octanol–water partition coefficient (Wildman–Crippen LogP) is 3.49. The lowest BCUT2D eigenvalue weighted by molar-refractivity contribution is -0.143. The minimum absolute atomic E-state index is 0.169. The second-order valence-corrected chi connectivity index (χ2v) is 6.22. The summed E-state index contributed by atoms with van der Waals surface area (Å²) >= 11 is 3.50. The molecule has 3 nitrogen and oxygen atoms in total. The van der Waals surface area contributed by atoms with Gasteiger partial charge in [0.1, 0.15) is 0 Å². The van der Waals surface area contributed by atoms with E-state index in [4.69, 9.17) is 5.11 Å². The van der Waals surface area contributed by atoms with Gasteiger partial charge in [-0.1, -0.05) is 34.5 Å². The summed E-state index contributed by atoms with van der Waals surface area (Å²) < 4.78 is 1.12. The largest absolute Gasteiger partial charge is 0.481 e. The van der Waals surface area contributed by atoms with Crippen molar-refractivity contribution in [3.63, 3.8) is 0 Å². The number of benzene rings is 1. The van der Waals surface area contributed by atoms with E-state index in [1.807, 2.05) is 0 Å². The van der Waals surface area contributed by atoms with Gasteiger partial charge in [0.05, 0.1) is 5.92 Å². The first kappa shape index (κ1) is 14.5. The Morgan fingerprint density at radius 1 is 1.47 bits per heavy atom. The quantitative estimate of drug-likeness (QED) is 0.890. The molecule has 104 valence electrons. The monoisotopic (exact) mass is 325 g/mol. The topological polar surface area (TPSA) is 49.3 Å². The molecule has 0 spiro atoms. The number of nitrogens with one attached hydrogen (secondary N) is 1. The molecular formula is C15H20BrNO2. The first-order chi connectivity index (χ1) is 9.06. The number of rotatable bonds is 4. The van der Waals surface area contributed by atoms with Gasteiger partial charge in [-0.25, -0.2) is 0 Å². The van der Waals surface area contributed by atoms with Crippen LogP contribution in [-0.4, -0.2) is 17.1 Å². The molecule has 0 heterocycles. The predicted molar refractivity (Wildman–Crippen MR) is 79.1 cm³/mol. The Kier molecular flexibility index (Phi) is 4.99. The van der Waals surface area contributed by atoms with Gasteiger partial charge in [0.15, 0.2) is 0 Å². The maximum absolute atomic E-state index is 11.0. The third-order valence-corrected chi connectivity index (χ3v) is 4.73. The highest BCUT2D eigenvalue weighted by Crippen LogP contribution is 2.25. The number of hydrogen-bond donors (Lipinski definition) is 2. The van der Waals surface area contributed by atoms with E-state index < -0.39 is 5.97 Å². The van der Waals surface area contributed by atoms with Crippen LogP contribution in [0.2, 0.25) is 0 Å². The Bertz CT molecular complexity index is 461. The number of aryl methyl sites for hydroxylation is 1. The highest BCUT2D eigenvalue weighted by atomic mass is 79.9. The van der Waals surface area contributed by atoms with Crippen molar-refractivity contribution in [1.82, 2.24) is 5.32 Å². The molecule has 0 amide bonds. The average Bonchev–Trinajstić information content (AvgIpc) is 2.40. The lowest BCUT2D eigenvalue weighted by Gasteiger charge is -2.27. The summed E-state index contributed by atoms with van der Waals surface area (Å²) in [6.07, 6.45) is 3.67. The fourth-order valence-corrected chi connectivity index (χ4v) is 2.93. The average molecular weight is 326 g/mol. The summed E-state index contributed by atoms with van der Waals surface area (Å²) in [5.74, 6) is -0.816. The Hall–Kier alpha value is -0.870. The molecule has 1 aromatic carbocycles. The van der Waals surface area contributed by atoms with Crippen LogP contribution < -0.4 is 5.32 Å². The number of carboxylic acid groups (broad SMARTS) is 1. The number of carboxylic acids is 1. The van der Waals surface area contributed by atoms with E-state index in [-0.39, 0.29) is 5.92 Å². The summed E-state index contributed by atoms with van der Waals surface area (Å²) in [7, 11) is 0. The lowest BCUT2D eigenvalue weighted by Crippen LogP contribution is -2.36. The van der Waals surface area contributed by atoms with Gasteiger partial charge in [-0.15, -0.1) is 0 Å². The third-order valence-electron chi connectivity index (χ3n) is 3.84. The Labute approximate surface area is 122 Å². The minimum Gasteiger partial charge on any atom is -0.481 e. The van der Waals surface area contributed by atoms with Crippen molar-refractivity contribution >= 4 is 21.9 Å². The molecule has 1 saturated carbocycles. The van der Waals surface area contributed by atoms with Crippen LogP contribution in [0, 0.1) is 12.8 Å². The van der Waals surface area contributed by atoms with E-state index in [1.54, 1.807) is 0 Å². The van der Waals surface area contributed by atoms with Gasteiger partial charge < -0.3 is 10.4 Å². The van der Waals surface area contributed by atoms with E-state index in [0.717, 1.165) is 36.7 Å². The first-order valence-corrected chi connectivity index (χ1v) is 7.57. The van der Waals surface area contributed by atoms with Gasteiger partial charge in [-0.2, -0.15) is 0 Å². The maximum Gasteiger partial charge on any atom is 0.306 e. The Balaban J connectivity index is 1.87. The van der Waals surface area contributed by atoms with Crippen molar-refractivity contribution in [3.05, 3.63) is 33.8 Å². The molecule has 4 heteroatoms. The van der Waals surface area contributed by atoms with E-state index in [2.05, 4.69) is 46.4 Å². The van der Waals surface area contributed by atoms with Crippen LogP contribution in [0.3, 0.4) is 0 Å². The highest BCUT2D eigenvalue weighted by Gasteiger charge is 2.26. The zero-order valence-electron chi connectivity index (χ0n) is 11.2. The number of halogens is 1. The standard InChI is InChI=1S/C15H20BrNO2/c1-10-7-11(5-6-14(10)16)9-17-13-4-2-3-12(8-13)15(18)19/h5-7,12-13,17H,2-4,8-9H2,1H3,(H,18,19). The Morgan fingerprint density at radius 2 is 2.26 bits per heavy atom. The molecule has 1 aliphatic rings. The van der Waals surface area contributed by atoms with Gasteiger partial charge in [0.2, 0.25) is 0 Å². The molecule has 1 aliphatic carbocycles. The molecule has 19 heavy (non-hydrogen) atoms. The van der Waals surface area contributed by atoms with Crippen LogP contribution in [0.25, 0.3) is 0 Å². The molecule has 0 saturated heterocycles. The molecule has 2 unspecified atom stereocenters. The van der Waals surface area contributed by atoms with E-state index >= 15 is 0 Å². The number of carbonyl (C=O) groups is 1. The number of hydrogen-bond acceptors (Lipinski definition) is 2. The van der Waals surface area contributed by atoms with Gasteiger partial charge in [0, 0.05) is 17.1 Å². The summed E-state index contributed by atoms with van der Waals surface area (Å²) in [4.78, 5) is 11.0. The molecule has 0 aliphatic heterocycles. The summed E-state index contributed by atoms with van der Waals surface area (Å²) in [5.41, 5.74) is 2.48. The molecule has 0 radical (unpaired) electrons. The molecule has 0 aromatic heterocycles. The molecule has 2 rings (SSSR count). The third kappa shape index (κ3) is 4.05. The van der Waals surface area contributed by atoms with Crippen molar-refractivity contribution in [3.8, 4) is 0 Å². The molecule has 1 aromatic rings. The summed E-state index contributed by atoms with van der Waals surface area (Å²) in [6.45, 7) is 2.89. The van der Waals surface area contributed by atoms with E-state index in [0.29, 0.717) is 6.04 Å². The van der Waals surface area contributed by atoms with Gasteiger partial charge in [-0.05, 0) is 43.4 Å². The van der Waals surface area contributed by atoms with Crippen LogP contribution in [0.5, 0.6) is 0 Å². The van der Waals surface area contributed by atoms with Crippen LogP contribution in [0.1, 0.15) is 36.8 Å². The van der Waals surface area contributed by atoms with Crippen LogP contribution in [-0.2, 0) is 11.3 Å². The fourth-order valence-electron chi connectivity index (χ4n) is 2.68. The SMILES string of the molecule is Cc1cc(CNC2CCCC(C(=O)O)C2)ccc1Br. The van der Waals surface area contributed by atoms with Crippen molar-refractivity contribution in [1.29, 1.82) is 0 Å². The second kappa shape index (κ2) is 6.53. The molecule has 2 atom stereocenters. The van der Waals surface area contributed by atoms with Crippen molar-refractivity contribution in [2.75, 3.05) is 0 Å². The smallest absolute Gasteiger partial charge is 0.306 e. The first-order valence-electron chi connectivity index (χ1n) is 6.77. The van der Waals surface area contributed by atoms with E-state index in [9.17, 15) is 4.79 Å². The lowest BCUT2D eigenvalue weighted by atomic mass is 9.86. The number of aliphatic carboxylic acids is 1. The van der Waals surface area contributed by atoms with Crippen LogP contribution in [0.4, 0.5) is 0 Å².